The van der Waals surface area contributed by atoms with Crippen LogP contribution in [0.2, 0.25) is 0 Å². The molecule has 0 unspecified atom stereocenters. The molecule has 0 radical (unpaired) electrons. The number of methoxy groups -OCH3 is 2. The van der Waals surface area contributed by atoms with Gasteiger partial charge in [0.15, 0.2) is 11.5 Å². The third-order valence-corrected chi connectivity index (χ3v) is 5.69. The summed E-state index contributed by atoms with van der Waals surface area (Å²) in [5.74, 6) is 2.38. The highest BCUT2D eigenvalue weighted by Crippen LogP contribution is 2.36. The molecule has 30 heavy (non-hydrogen) atoms. The summed E-state index contributed by atoms with van der Waals surface area (Å²) in [5.41, 5.74) is 4.68. The van der Waals surface area contributed by atoms with Gasteiger partial charge in [0, 0.05) is 16.6 Å². The smallest absolute Gasteiger partial charge is 0.167 e. The van der Waals surface area contributed by atoms with Gasteiger partial charge in [-0.3, -0.25) is 0 Å². The first kappa shape index (κ1) is 22.2. The number of ether oxygens (including phenoxy) is 3. The molecular formula is C25H28BrNO3. The molecule has 5 heteroatoms. The Hall–Kier alpha value is -2.50. The van der Waals surface area contributed by atoms with E-state index in [0.29, 0.717) is 13.2 Å². The quantitative estimate of drug-likeness (QED) is 0.387. The Morgan fingerprint density at radius 2 is 1.53 bits per heavy atom. The molecule has 0 saturated heterocycles. The Labute approximate surface area is 187 Å². The van der Waals surface area contributed by atoms with Crippen molar-refractivity contribution in [2.45, 2.75) is 26.5 Å². The van der Waals surface area contributed by atoms with E-state index in [4.69, 9.17) is 14.2 Å². The lowest BCUT2D eigenvalue weighted by Crippen LogP contribution is -2.18. The van der Waals surface area contributed by atoms with Crippen LogP contribution in [0.25, 0.3) is 0 Å². The predicted molar refractivity (Wildman–Crippen MR) is 125 cm³/mol. The van der Waals surface area contributed by atoms with Crippen molar-refractivity contribution >= 4 is 15.9 Å². The molecule has 0 saturated carbocycles. The van der Waals surface area contributed by atoms with E-state index in [0.717, 1.165) is 45.8 Å². The second kappa shape index (κ2) is 11.0. The summed E-state index contributed by atoms with van der Waals surface area (Å²) >= 11 is 3.67. The topological polar surface area (TPSA) is 39.7 Å². The molecule has 0 aliphatic carbocycles. The van der Waals surface area contributed by atoms with Crippen LogP contribution in [-0.2, 0) is 19.6 Å². The molecular weight excluding hydrogens is 442 g/mol. The molecule has 0 aromatic heterocycles. The molecule has 1 N–H and O–H groups in total. The zero-order valence-corrected chi connectivity index (χ0v) is 19.3. The van der Waals surface area contributed by atoms with E-state index in [-0.39, 0.29) is 0 Å². The van der Waals surface area contributed by atoms with Crippen molar-refractivity contribution < 1.29 is 14.2 Å². The van der Waals surface area contributed by atoms with E-state index >= 15 is 0 Å². The molecule has 158 valence electrons. The van der Waals surface area contributed by atoms with Crippen molar-refractivity contribution in [1.82, 2.24) is 5.32 Å². The maximum absolute atomic E-state index is 6.20. The SMILES string of the molecule is COc1ccc(CCNCc2c(Br)ccc(OC)c2OCc2ccc(C)cc2)cc1. The Morgan fingerprint density at radius 1 is 0.833 bits per heavy atom. The molecule has 0 spiro atoms. The molecule has 0 amide bonds. The summed E-state index contributed by atoms with van der Waals surface area (Å²) in [6.07, 6.45) is 0.936. The number of hydrogen-bond donors (Lipinski definition) is 1. The fourth-order valence-electron chi connectivity index (χ4n) is 3.14. The Bertz CT molecular complexity index is 940. The Kier molecular flexibility index (Phi) is 8.17. The molecule has 0 aliphatic heterocycles. The number of aryl methyl sites for hydroxylation is 1. The number of nitrogens with one attached hydrogen (secondary N) is 1. The maximum Gasteiger partial charge on any atom is 0.167 e. The number of hydrogen-bond acceptors (Lipinski definition) is 4. The average Bonchev–Trinajstić information content (AvgIpc) is 2.78. The first-order valence-electron chi connectivity index (χ1n) is 9.98. The molecule has 0 bridgehead atoms. The van der Waals surface area contributed by atoms with Gasteiger partial charge in [0.05, 0.1) is 14.2 Å². The van der Waals surface area contributed by atoms with Crippen molar-refractivity contribution in [2.75, 3.05) is 20.8 Å². The van der Waals surface area contributed by atoms with Gasteiger partial charge in [0.2, 0.25) is 0 Å². The Morgan fingerprint density at radius 3 is 2.20 bits per heavy atom. The number of halogens is 1. The second-order valence-electron chi connectivity index (χ2n) is 7.11. The van der Waals surface area contributed by atoms with E-state index in [2.05, 4.69) is 64.6 Å². The lowest BCUT2D eigenvalue weighted by Gasteiger charge is -2.17. The van der Waals surface area contributed by atoms with Crippen LogP contribution in [0.5, 0.6) is 17.2 Å². The fraction of sp³-hybridized carbons (Fsp3) is 0.280. The van der Waals surface area contributed by atoms with Crippen molar-refractivity contribution in [3.05, 3.63) is 87.4 Å². The molecule has 3 aromatic rings. The summed E-state index contributed by atoms with van der Waals surface area (Å²) in [4.78, 5) is 0. The van der Waals surface area contributed by atoms with Gasteiger partial charge in [-0.25, -0.2) is 0 Å². The van der Waals surface area contributed by atoms with Gasteiger partial charge in [0.25, 0.3) is 0 Å². The number of rotatable bonds is 10. The Balaban J connectivity index is 1.64. The van der Waals surface area contributed by atoms with Crippen molar-refractivity contribution in [2.24, 2.45) is 0 Å². The van der Waals surface area contributed by atoms with E-state index in [9.17, 15) is 0 Å². The molecule has 3 aromatic carbocycles. The van der Waals surface area contributed by atoms with E-state index in [1.807, 2.05) is 24.3 Å². The summed E-state index contributed by atoms with van der Waals surface area (Å²) in [6, 6.07) is 20.5. The van der Waals surface area contributed by atoms with Crippen LogP contribution in [0.1, 0.15) is 22.3 Å². The molecule has 0 atom stereocenters. The standard InChI is InChI=1S/C25H28BrNO3/c1-18-4-6-20(7-5-18)17-30-25-22(23(26)12-13-24(25)29-3)16-27-15-14-19-8-10-21(28-2)11-9-19/h4-13,27H,14-17H2,1-3H3. The van der Waals surface area contributed by atoms with Gasteiger partial charge in [-0.2, -0.15) is 0 Å². The lowest BCUT2D eigenvalue weighted by atomic mass is 10.1. The van der Waals surface area contributed by atoms with Gasteiger partial charge in [-0.15, -0.1) is 0 Å². The van der Waals surface area contributed by atoms with Gasteiger partial charge in [-0.1, -0.05) is 57.9 Å². The predicted octanol–water partition coefficient (Wildman–Crippen LogP) is 5.69. The average molecular weight is 470 g/mol. The third kappa shape index (κ3) is 6.00. The summed E-state index contributed by atoms with van der Waals surface area (Å²) in [7, 11) is 3.35. The fourth-order valence-corrected chi connectivity index (χ4v) is 3.60. The van der Waals surface area contributed by atoms with Crippen molar-refractivity contribution in [3.8, 4) is 17.2 Å². The second-order valence-corrected chi connectivity index (χ2v) is 7.96. The van der Waals surface area contributed by atoms with E-state index in [1.165, 1.54) is 11.1 Å². The zero-order chi connectivity index (χ0) is 21.3. The molecule has 0 fully saturated rings. The highest BCUT2D eigenvalue weighted by Gasteiger charge is 2.15. The summed E-state index contributed by atoms with van der Waals surface area (Å²) < 4.78 is 18.0. The minimum atomic E-state index is 0.492. The van der Waals surface area contributed by atoms with Gasteiger partial charge >= 0.3 is 0 Å². The molecule has 0 heterocycles. The van der Waals surface area contributed by atoms with Crippen LogP contribution in [0.4, 0.5) is 0 Å². The first-order chi connectivity index (χ1) is 14.6. The zero-order valence-electron chi connectivity index (χ0n) is 17.7. The van der Waals surface area contributed by atoms with Crippen LogP contribution < -0.4 is 19.5 Å². The van der Waals surface area contributed by atoms with Crippen LogP contribution in [0, 0.1) is 6.92 Å². The summed E-state index contributed by atoms with van der Waals surface area (Å²) in [5, 5.41) is 3.52. The highest BCUT2D eigenvalue weighted by atomic mass is 79.9. The lowest BCUT2D eigenvalue weighted by molar-refractivity contribution is 0.280. The largest absolute Gasteiger partial charge is 0.497 e. The van der Waals surface area contributed by atoms with Gasteiger partial charge in [0.1, 0.15) is 12.4 Å². The maximum atomic E-state index is 6.20. The molecule has 0 aliphatic rings. The van der Waals surface area contributed by atoms with E-state index in [1.54, 1.807) is 14.2 Å². The molecule has 3 rings (SSSR count). The minimum Gasteiger partial charge on any atom is -0.497 e. The van der Waals surface area contributed by atoms with Gasteiger partial charge in [-0.05, 0) is 55.3 Å². The third-order valence-electron chi connectivity index (χ3n) is 4.94. The first-order valence-corrected chi connectivity index (χ1v) is 10.8. The van der Waals surface area contributed by atoms with Crippen LogP contribution >= 0.6 is 15.9 Å². The number of benzene rings is 3. The van der Waals surface area contributed by atoms with Crippen LogP contribution in [0.3, 0.4) is 0 Å². The minimum absolute atomic E-state index is 0.492. The van der Waals surface area contributed by atoms with Crippen LogP contribution in [-0.4, -0.2) is 20.8 Å². The van der Waals surface area contributed by atoms with Crippen molar-refractivity contribution in [1.29, 1.82) is 0 Å². The molecule has 4 nitrogen and oxygen atoms in total. The van der Waals surface area contributed by atoms with E-state index < -0.39 is 0 Å². The van der Waals surface area contributed by atoms with Crippen molar-refractivity contribution in [3.63, 3.8) is 0 Å². The highest BCUT2D eigenvalue weighted by molar-refractivity contribution is 9.10. The normalized spacial score (nSPS) is 10.7. The monoisotopic (exact) mass is 469 g/mol. The summed E-state index contributed by atoms with van der Waals surface area (Å²) in [6.45, 7) is 4.11. The van der Waals surface area contributed by atoms with Gasteiger partial charge < -0.3 is 19.5 Å². The van der Waals surface area contributed by atoms with Crippen LogP contribution in [0.15, 0.2) is 65.1 Å².